The van der Waals surface area contributed by atoms with Gasteiger partial charge in [-0.05, 0) is 43.2 Å². The maximum atomic E-state index is 12.8. The molecule has 140 valence electrons. The summed E-state index contributed by atoms with van der Waals surface area (Å²) in [5.74, 6) is -0.560. The lowest BCUT2D eigenvalue weighted by atomic mass is 10.1. The summed E-state index contributed by atoms with van der Waals surface area (Å²) >= 11 is 0. The van der Waals surface area contributed by atoms with Crippen molar-refractivity contribution in [2.45, 2.75) is 13.8 Å². The number of aromatic nitrogens is 2. The van der Waals surface area contributed by atoms with Gasteiger partial charge in [0.2, 0.25) is 5.82 Å². The third kappa shape index (κ3) is 3.83. The number of aryl methyl sites for hydroxylation is 1. The number of carbonyl (C=O) groups excluding carboxylic acids is 2. The van der Waals surface area contributed by atoms with E-state index in [2.05, 4.69) is 15.6 Å². The standard InChI is InChI=1S/C20H22N4O3/c1-13-7-6-8-15(14(13)2)22-19(25)17-16-9-4-5-11-24(16)18(23-17)20(26)21-10-12-27-3/h4-9,11H,10,12H2,1-3H3,(H,21,26)(H,22,25). The SMILES string of the molecule is COCCNC(=O)c1nc(C(=O)Nc2cccc(C)c2C)c2ccccn12. The van der Waals surface area contributed by atoms with Gasteiger partial charge in [-0.1, -0.05) is 18.2 Å². The molecule has 3 aromatic rings. The summed E-state index contributed by atoms with van der Waals surface area (Å²) in [6.07, 6.45) is 1.71. The fraction of sp³-hybridized carbons (Fsp3) is 0.250. The number of hydrogen-bond acceptors (Lipinski definition) is 4. The molecule has 0 fully saturated rings. The summed E-state index contributed by atoms with van der Waals surface area (Å²) in [5.41, 5.74) is 3.57. The van der Waals surface area contributed by atoms with Crippen molar-refractivity contribution in [1.29, 1.82) is 0 Å². The number of pyridine rings is 1. The lowest BCUT2D eigenvalue weighted by molar-refractivity contribution is 0.0926. The van der Waals surface area contributed by atoms with Crippen LogP contribution in [0.2, 0.25) is 0 Å². The van der Waals surface area contributed by atoms with E-state index < -0.39 is 0 Å². The summed E-state index contributed by atoms with van der Waals surface area (Å²) < 4.78 is 6.55. The molecular weight excluding hydrogens is 344 g/mol. The molecule has 2 aromatic heterocycles. The number of amides is 2. The van der Waals surface area contributed by atoms with E-state index in [4.69, 9.17) is 4.74 Å². The van der Waals surface area contributed by atoms with Gasteiger partial charge in [0, 0.05) is 25.5 Å². The van der Waals surface area contributed by atoms with E-state index in [1.807, 2.05) is 32.0 Å². The molecule has 27 heavy (non-hydrogen) atoms. The molecule has 0 unspecified atom stereocenters. The Hall–Kier alpha value is -3.19. The molecule has 1 aromatic carbocycles. The van der Waals surface area contributed by atoms with Crippen LogP contribution in [0, 0.1) is 13.8 Å². The number of nitrogens with zero attached hydrogens (tertiary/aromatic N) is 2. The van der Waals surface area contributed by atoms with Crippen molar-refractivity contribution >= 4 is 23.0 Å². The first-order valence-corrected chi connectivity index (χ1v) is 8.64. The third-order valence-corrected chi connectivity index (χ3v) is 4.41. The van der Waals surface area contributed by atoms with Crippen LogP contribution in [0.1, 0.15) is 32.2 Å². The smallest absolute Gasteiger partial charge is 0.287 e. The zero-order valence-electron chi connectivity index (χ0n) is 15.6. The summed E-state index contributed by atoms with van der Waals surface area (Å²) in [6.45, 7) is 4.69. The van der Waals surface area contributed by atoms with Crippen molar-refractivity contribution in [3.05, 3.63) is 65.2 Å². The molecule has 7 nitrogen and oxygen atoms in total. The number of fused-ring (bicyclic) bond motifs is 1. The van der Waals surface area contributed by atoms with Gasteiger partial charge in [0.1, 0.15) is 0 Å². The number of anilines is 1. The Labute approximate surface area is 157 Å². The Morgan fingerprint density at radius 2 is 1.93 bits per heavy atom. The lowest BCUT2D eigenvalue weighted by Crippen LogP contribution is -2.28. The predicted molar refractivity (Wildman–Crippen MR) is 103 cm³/mol. The van der Waals surface area contributed by atoms with Gasteiger partial charge in [-0.2, -0.15) is 0 Å². The highest BCUT2D eigenvalue weighted by Gasteiger charge is 2.21. The Kier molecular flexibility index (Phi) is 5.52. The number of benzene rings is 1. The van der Waals surface area contributed by atoms with Crippen LogP contribution in [0.4, 0.5) is 5.69 Å². The quantitative estimate of drug-likeness (QED) is 0.657. The molecule has 0 bridgehead atoms. The molecule has 2 N–H and O–H groups in total. The van der Waals surface area contributed by atoms with E-state index in [0.29, 0.717) is 18.7 Å². The molecule has 2 heterocycles. The number of ether oxygens (including phenoxy) is 1. The van der Waals surface area contributed by atoms with Crippen LogP contribution in [0.25, 0.3) is 5.52 Å². The molecule has 2 amide bonds. The van der Waals surface area contributed by atoms with Gasteiger partial charge in [0.15, 0.2) is 5.69 Å². The normalized spacial score (nSPS) is 10.8. The zero-order chi connectivity index (χ0) is 19.4. The fourth-order valence-electron chi connectivity index (χ4n) is 2.78. The summed E-state index contributed by atoms with van der Waals surface area (Å²) in [4.78, 5) is 29.6. The third-order valence-electron chi connectivity index (χ3n) is 4.41. The van der Waals surface area contributed by atoms with Crippen LogP contribution in [0.15, 0.2) is 42.6 Å². The largest absolute Gasteiger partial charge is 0.383 e. The number of carbonyl (C=O) groups is 2. The van der Waals surface area contributed by atoms with Crippen LogP contribution in [-0.4, -0.2) is 41.5 Å². The van der Waals surface area contributed by atoms with Gasteiger partial charge in [-0.15, -0.1) is 0 Å². The van der Waals surface area contributed by atoms with E-state index in [-0.39, 0.29) is 23.3 Å². The average molecular weight is 366 g/mol. The van der Waals surface area contributed by atoms with Crippen LogP contribution in [-0.2, 0) is 4.74 Å². The lowest BCUT2D eigenvalue weighted by Gasteiger charge is -2.09. The number of methoxy groups -OCH3 is 1. The van der Waals surface area contributed by atoms with Gasteiger partial charge in [0.05, 0.1) is 12.1 Å². The molecule has 3 rings (SSSR count). The van der Waals surface area contributed by atoms with Crippen molar-refractivity contribution in [2.24, 2.45) is 0 Å². The van der Waals surface area contributed by atoms with Crippen molar-refractivity contribution in [3.63, 3.8) is 0 Å². The minimum Gasteiger partial charge on any atom is -0.383 e. The summed E-state index contributed by atoms with van der Waals surface area (Å²) in [5, 5.41) is 5.63. The molecule has 0 saturated carbocycles. The number of nitrogens with one attached hydrogen (secondary N) is 2. The average Bonchev–Trinajstić information content (AvgIpc) is 3.05. The molecule has 0 aliphatic rings. The highest BCUT2D eigenvalue weighted by Crippen LogP contribution is 2.20. The molecular formula is C20H22N4O3. The van der Waals surface area contributed by atoms with Gasteiger partial charge < -0.3 is 15.4 Å². The topological polar surface area (TPSA) is 84.7 Å². The van der Waals surface area contributed by atoms with Crippen molar-refractivity contribution < 1.29 is 14.3 Å². The molecule has 0 radical (unpaired) electrons. The van der Waals surface area contributed by atoms with Crippen molar-refractivity contribution in [1.82, 2.24) is 14.7 Å². The zero-order valence-corrected chi connectivity index (χ0v) is 15.6. The maximum absolute atomic E-state index is 12.8. The monoisotopic (exact) mass is 366 g/mol. The molecule has 0 saturated heterocycles. The second-order valence-corrected chi connectivity index (χ2v) is 6.19. The number of rotatable bonds is 6. The van der Waals surface area contributed by atoms with E-state index >= 15 is 0 Å². The van der Waals surface area contributed by atoms with Crippen molar-refractivity contribution in [2.75, 3.05) is 25.6 Å². The Balaban J connectivity index is 1.93. The molecule has 0 atom stereocenters. The molecule has 0 aliphatic carbocycles. The number of hydrogen-bond donors (Lipinski definition) is 2. The van der Waals surface area contributed by atoms with Crippen LogP contribution < -0.4 is 10.6 Å². The Morgan fingerprint density at radius 1 is 1.11 bits per heavy atom. The second kappa shape index (κ2) is 8.01. The van der Waals surface area contributed by atoms with Crippen LogP contribution >= 0.6 is 0 Å². The van der Waals surface area contributed by atoms with Crippen LogP contribution in [0.3, 0.4) is 0 Å². The summed E-state index contributed by atoms with van der Waals surface area (Å²) in [7, 11) is 1.56. The highest BCUT2D eigenvalue weighted by molar-refractivity contribution is 6.09. The first-order valence-electron chi connectivity index (χ1n) is 8.64. The van der Waals surface area contributed by atoms with Gasteiger partial charge in [0.25, 0.3) is 11.8 Å². The minimum atomic E-state index is -0.362. The van der Waals surface area contributed by atoms with Gasteiger partial charge in [-0.25, -0.2) is 4.98 Å². The number of imidazole rings is 1. The second-order valence-electron chi connectivity index (χ2n) is 6.19. The van der Waals surface area contributed by atoms with Crippen molar-refractivity contribution in [3.8, 4) is 0 Å². The molecule has 0 spiro atoms. The summed E-state index contributed by atoms with van der Waals surface area (Å²) in [6, 6.07) is 11.1. The molecule has 7 heteroatoms. The maximum Gasteiger partial charge on any atom is 0.287 e. The highest BCUT2D eigenvalue weighted by atomic mass is 16.5. The Morgan fingerprint density at radius 3 is 2.70 bits per heavy atom. The van der Waals surface area contributed by atoms with Gasteiger partial charge >= 0.3 is 0 Å². The first kappa shape index (κ1) is 18.6. The Bertz CT molecular complexity index is 994. The fourth-order valence-corrected chi connectivity index (χ4v) is 2.78. The van der Waals surface area contributed by atoms with Gasteiger partial charge in [-0.3, -0.25) is 14.0 Å². The van der Waals surface area contributed by atoms with Crippen LogP contribution in [0.5, 0.6) is 0 Å². The van der Waals surface area contributed by atoms with E-state index in [1.54, 1.807) is 35.9 Å². The first-order chi connectivity index (χ1) is 13.0. The van der Waals surface area contributed by atoms with E-state index in [0.717, 1.165) is 16.8 Å². The molecule has 0 aliphatic heterocycles. The van der Waals surface area contributed by atoms with E-state index in [1.165, 1.54) is 0 Å². The predicted octanol–water partition coefficient (Wildman–Crippen LogP) is 2.58. The minimum absolute atomic E-state index is 0.160. The van der Waals surface area contributed by atoms with E-state index in [9.17, 15) is 9.59 Å².